The van der Waals surface area contributed by atoms with Crippen molar-refractivity contribution in [2.45, 2.75) is 39.4 Å². The van der Waals surface area contributed by atoms with E-state index in [4.69, 9.17) is 0 Å². The zero-order valence-corrected chi connectivity index (χ0v) is 8.02. The molecule has 0 amide bonds. The summed E-state index contributed by atoms with van der Waals surface area (Å²) in [7, 11) is 4.15. The molecule has 0 rings (SSSR count). The Kier molecular flexibility index (Phi) is 3.33. The van der Waals surface area contributed by atoms with Crippen LogP contribution >= 0.6 is 0 Å². The molecule has 0 aliphatic rings. The Morgan fingerprint density at radius 3 is 1.70 bits per heavy atom. The molecule has 0 aromatic heterocycles. The molecule has 0 aliphatic heterocycles. The van der Waals surface area contributed by atoms with Gasteiger partial charge in [-0.15, -0.1) is 0 Å². The molecule has 1 atom stereocenters. The second kappa shape index (κ2) is 3.35. The lowest BCUT2D eigenvalue weighted by atomic mass is 10.1. The van der Waals surface area contributed by atoms with Crippen molar-refractivity contribution in [3.05, 3.63) is 0 Å². The minimum absolute atomic E-state index is 0.212. The molecule has 0 aliphatic carbocycles. The number of nitrogens with one attached hydrogen (secondary N) is 1. The van der Waals surface area contributed by atoms with Crippen LogP contribution in [-0.2, 0) is 0 Å². The standard InChI is InChI=1S/C8H20N2/c1-7(10(5)6)9-8(2,3)4/h7,9H,1-6H3. The SMILES string of the molecule is CC(NC(C)(C)C)N(C)C. The van der Waals surface area contributed by atoms with Gasteiger partial charge in [0.25, 0.3) is 0 Å². The van der Waals surface area contributed by atoms with Gasteiger partial charge in [-0.05, 0) is 41.8 Å². The van der Waals surface area contributed by atoms with E-state index < -0.39 is 0 Å². The van der Waals surface area contributed by atoms with E-state index >= 15 is 0 Å². The van der Waals surface area contributed by atoms with Crippen molar-refractivity contribution < 1.29 is 0 Å². The van der Waals surface area contributed by atoms with Crippen LogP contribution in [0, 0.1) is 0 Å². The van der Waals surface area contributed by atoms with Crippen molar-refractivity contribution in [1.29, 1.82) is 0 Å². The second-order valence-corrected chi connectivity index (χ2v) is 4.03. The first-order chi connectivity index (χ1) is 4.33. The number of hydrogen-bond acceptors (Lipinski definition) is 2. The summed E-state index contributed by atoms with van der Waals surface area (Å²) in [6.45, 7) is 8.68. The maximum absolute atomic E-state index is 3.44. The monoisotopic (exact) mass is 144 g/mol. The minimum Gasteiger partial charge on any atom is -0.297 e. The van der Waals surface area contributed by atoms with E-state index in [0.29, 0.717) is 6.17 Å². The molecule has 0 saturated heterocycles. The van der Waals surface area contributed by atoms with Crippen LogP contribution in [0.3, 0.4) is 0 Å². The fraction of sp³-hybridized carbons (Fsp3) is 1.00. The normalized spacial score (nSPS) is 15.9. The molecule has 2 heteroatoms. The third-order valence-corrected chi connectivity index (χ3v) is 1.42. The van der Waals surface area contributed by atoms with Crippen molar-refractivity contribution in [2.75, 3.05) is 14.1 Å². The van der Waals surface area contributed by atoms with Gasteiger partial charge in [-0.3, -0.25) is 10.2 Å². The highest BCUT2D eigenvalue weighted by Crippen LogP contribution is 2.01. The molecule has 0 fully saturated rings. The minimum atomic E-state index is 0.212. The van der Waals surface area contributed by atoms with Crippen molar-refractivity contribution >= 4 is 0 Å². The molecule has 10 heavy (non-hydrogen) atoms. The highest BCUT2D eigenvalue weighted by molar-refractivity contribution is 4.73. The van der Waals surface area contributed by atoms with E-state index in [-0.39, 0.29) is 5.54 Å². The maximum Gasteiger partial charge on any atom is 0.0566 e. The maximum atomic E-state index is 3.44. The number of rotatable bonds is 2. The fourth-order valence-electron chi connectivity index (χ4n) is 0.756. The average molecular weight is 144 g/mol. The molecule has 0 aromatic rings. The van der Waals surface area contributed by atoms with E-state index in [1.807, 2.05) is 0 Å². The Labute approximate surface area is 64.6 Å². The van der Waals surface area contributed by atoms with Crippen LogP contribution in [0.4, 0.5) is 0 Å². The lowest BCUT2D eigenvalue weighted by Crippen LogP contribution is -2.48. The quantitative estimate of drug-likeness (QED) is 0.587. The summed E-state index contributed by atoms with van der Waals surface area (Å²) in [4.78, 5) is 2.16. The summed E-state index contributed by atoms with van der Waals surface area (Å²) >= 11 is 0. The molecule has 2 nitrogen and oxygen atoms in total. The molecule has 0 radical (unpaired) electrons. The van der Waals surface area contributed by atoms with Gasteiger partial charge in [0.15, 0.2) is 0 Å². The van der Waals surface area contributed by atoms with Crippen LogP contribution in [0.15, 0.2) is 0 Å². The second-order valence-electron chi connectivity index (χ2n) is 4.03. The van der Waals surface area contributed by atoms with Gasteiger partial charge in [0, 0.05) is 5.54 Å². The zero-order chi connectivity index (χ0) is 8.36. The summed E-state index contributed by atoms with van der Waals surface area (Å²) in [6.07, 6.45) is 0.444. The summed E-state index contributed by atoms with van der Waals surface area (Å²) in [5, 5.41) is 3.44. The Balaban J connectivity index is 3.68. The van der Waals surface area contributed by atoms with E-state index in [0.717, 1.165) is 0 Å². The number of nitrogens with zero attached hydrogens (tertiary/aromatic N) is 1. The first-order valence-corrected chi connectivity index (χ1v) is 3.77. The van der Waals surface area contributed by atoms with Crippen molar-refractivity contribution in [1.82, 2.24) is 10.2 Å². The topological polar surface area (TPSA) is 15.3 Å². The third-order valence-electron chi connectivity index (χ3n) is 1.42. The Hall–Kier alpha value is -0.0800. The predicted molar refractivity (Wildman–Crippen MR) is 46.0 cm³/mol. The molecular weight excluding hydrogens is 124 g/mol. The average Bonchev–Trinajstić information content (AvgIpc) is 1.60. The van der Waals surface area contributed by atoms with Crippen LogP contribution in [0.1, 0.15) is 27.7 Å². The molecule has 0 saturated carbocycles. The van der Waals surface area contributed by atoms with Gasteiger partial charge < -0.3 is 0 Å². The van der Waals surface area contributed by atoms with Gasteiger partial charge >= 0.3 is 0 Å². The van der Waals surface area contributed by atoms with Gasteiger partial charge in [0.2, 0.25) is 0 Å². The van der Waals surface area contributed by atoms with Gasteiger partial charge in [-0.2, -0.15) is 0 Å². The van der Waals surface area contributed by atoms with Crippen LogP contribution in [0.25, 0.3) is 0 Å². The van der Waals surface area contributed by atoms with Crippen LogP contribution in [0.5, 0.6) is 0 Å². The van der Waals surface area contributed by atoms with Crippen LogP contribution in [0.2, 0.25) is 0 Å². The summed E-state index contributed by atoms with van der Waals surface area (Å²) in [6, 6.07) is 0. The molecule has 0 spiro atoms. The van der Waals surface area contributed by atoms with Crippen molar-refractivity contribution in [3.63, 3.8) is 0 Å². The van der Waals surface area contributed by atoms with Crippen molar-refractivity contribution in [3.8, 4) is 0 Å². The molecule has 62 valence electrons. The largest absolute Gasteiger partial charge is 0.297 e. The predicted octanol–water partition coefficient (Wildman–Crippen LogP) is 1.28. The highest BCUT2D eigenvalue weighted by Gasteiger charge is 2.13. The Morgan fingerprint density at radius 2 is 1.60 bits per heavy atom. The van der Waals surface area contributed by atoms with E-state index in [2.05, 4.69) is 52.0 Å². The van der Waals surface area contributed by atoms with Crippen LogP contribution < -0.4 is 5.32 Å². The van der Waals surface area contributed by atoms with Gasteiger partial charge in [-0.25, -0.2) is 0 Å². The Morgan fingerprint density at radius 1 is 1.20 bits per heavy atom. The van der Waals surface area contributed by atoms with Gasteiger partial charge in [0.05, 0.1) is 6.17 Å². The number of hydrogen-bond donors (Lipinski definition) is 1. The van der Waals surface area contributed by atoms with E-state index in [9.17, 15) is 0 Å². The summed E-state index contributed by atoms with van der Waals surface area (Å²) < 4.78 is 0. The fourth-order valence-corrected chi connectivity index (χ4v) is 0.756. The lowest BCUT2D eigenvalue weighted by Gasteiger charge is -2.30. The third kappa shape index (κ3) is 4.77. The molecule has 0 heterocycles. The zero-order valence-electron chi connectivity index (χ0n) is 8.02. The van der Waals surface area contributed by atoms with Crippen LogP contribution in [-0.4, -0.2) is 30.7 Å². The smallest absolute Gasteiger partial charge is 0.0566 e. The first kappa shape index (κ1) is 9.92. The van der Waals surface area contributed by atoms with E-state index in [1.54, 1.807) is 0 Å². The van der Waals surface area contributed by atoms with E-state index in [1.165, 1.54) is 0 Å². The lowest BCUT2D eigenvalue weighted by molar-refractivity contribution is 0.215. The molecule has 0 bridgehead atoms. The first-order valence-electron chi connectivity index (χ1n) is 3.77. The molecular formula is C8H20N2. The summed E-state index contributed by atoms with van der Waals surface area (Å²) in [5.74, 6) is 0. The van der Waals surface area contributed by atoms with Gasteiger partial charge in [0.1, 0.15) is 0 Å². The summed E-state index contributed by atoms with van der Waals surface area (Å²) in [5.41, 5.74) is 0.212. The highest BCUT2D eigenvalue weighted by atomic mass is 15.2. The van der Waals surface area contributed by atoms with Gasteiger partial charge in [-0.1, -0.05) is 0 Å². The van der Waals surface area contributed by atoms with Crippen molar-refractivity contribution in [2.24, 2.45) is 0 Å². The Bertz CT molecular complexity index is 91.9. The molecule has 1 unspecified atom stereocenters. The molecule has 1 N–H and O–H groups in total. The molecule has 0 aromatic carbocycles.